The molecule has 1 saturated carbocycles. The summed E-state index contributed by atoms with van der Waals surface area (Å²) in [6, 6.07) is 0. The molecule has 2 rings (SSSR count). The van der Waals surface area contributed by atoms with Crippen LogP contribution in [-0.2, 0) is 18.9 Å². The number of rotatable bonds is 10. The molecular weight excluding hydrogens is 368 g/mol. The van der Waals surface area contributed by atoms with Gasteiger partial charge in [0, 0.05) is 33.7 Å². The van der Waals surface area contributed by atoms with Crippen molar-refractivity contribution in [3.05, 3.63) is 23.8 Å². The highest BCUT2D eigenvalue weighted by atomic mass is 16.7. The van der Waals surface area contributed by atoms with E-state index < -0.39 is 5.60 Å². The molecule has 0 bridgehead atoms. The maximum Gasteiger partial charge on any atom is 0.158 e. The lowest BCUT2D eigenvalue weighted by atomic mass is 9.60. The fourth-order valence-corrected chi connectivity index (χ4v) is 4.88. The summed E-state index contributed by atoms with van der Waals surface area (Å²) >= 11 is 0. The third-order valence-electron chi connectivity index (χ3n) is 7.21. The minimum atomic E-state index is -0.610. The quantitative estimate of drug-likeness (QED) is 0.538. The van der Waals surface area contributed by atoms with Gasteiger partial charge in [-0.25, -0.2) is 0 Å². The van der Waals surface area contributed by atoms with Gasteiger partial charge in [0.1, 0.15) is 6.10 Å². The number of ether oxygens (including phenoxy) is 4. The summed E-state index contributed by atoms with van der Waals surface area (Å²) in [7, 11) is 5.20. The zero-order valence-corrected chi connectivity index (χ0v) is 19.4. The van der Waals surface area contributed by atoms with E-state index in [0.29, 0.717) is 11.8 Å². The number of hydrogen-bond acceptors (Lipinski definition) is 5. The predicted molar refractivity (Wildman–Crippen MR) is 116 cm³/mol. The standard InChI is InChI=1S/C24H42O5/c1-8-20(26-5)18(4)19-14-24(25,15-19)17(3)11-9-10-16(2)23-21(27-6)12-13-22(28-7)29-23/h9-11,17-23,25H,8,12-15H2,1-7H3/b11-9+,16-10+/t17-,18-,19-,20-,21-,22-,23+,24-/m0/s1. The van der Waals surface area contributed by atoms with E-state index in [1.54, 1.807) is 21.3 Å². The SMILES string of the molecule is CC[C@H](OC)[C@@H](C)[C@H]1C[C@@](O)([C@@H](C)/C=C/C=C(\C)[C@H]2O[C@H](OC)CC[C@@H]2OC)C1. The third-order valence-corrected chi connectivity index (χ3v) is 7.21. The normalized spacial score (nSPS) is 36.6. The molecule has 2 aliphatic rings. The summed E-state index contributed by atoms with van der Waals surface area (Å²) < 4.78 is 22.6. The average molecular weight is 411 g/mol. The van der Waals surface area contributed by atoms with E-state index in [-0.39, 0.29) is 30.5 Å². The topological polar surface area (TPSA) is 57.2 Å². The molecule has 29 heavy (non-hydrogen) atoms. The molecule has 1 saturated heterocycles. The summed E-state index contributed by atoms with van der Waals surface area (Å²) in [5.74, 6) is 1.11. The first-order valence-corrected chi connectivity index (χ1v) is 11.1. The molecule has 0 unspecified atom stereocenters. The van der Waals surface area contributed by atoms with Crippen LogP contribution in [0.1, 0.15) is 59.8 Å². The average Bonchev–Trinajstić information content (AvgIpc) is 2.71. The number of hydrogen-bond donors (Lipinski definition) is 1. The molecule has 0 amide bonds. The Bertz CT molecular complexity index is 547. The molecule has 0 radical (unpaired) electrons. The molecule has 5 heteroatoms. The van der Waals surface area contributed by atoms with Crippen molar-refractivity contribution in [2.45, 2.75) is 90.0 Å². The molecule has 0 spiro atoms. The van der Waals surface area contributed by atoms with Crippen molar-refractivity contribution in [2.75, 3.05) is 21.3 Å². The van der Waals surface area contributed by atoms with Crippen LogP contribution >= 0.6 is 0 Å². The van der Waals surface area contributed by atoms with Gasteiger partial charge in [-0.15, -0.1) is 0 Å². The summed E-state index contributed by atoms with van der Waals surface area (Å²) in [5, 5.41) is 11.0. The van der Waals surface area contributed by atoms with Gasteiger partial charge in [0.25, 0.3) is 0 Å². The fraction of sp³-hybridized carbons (Fsp3) is 0.833. The van der Waals surface area contributed by atoms with Crippen LogP contribution in [0.3, 0.4) is 0 Å². The molecule has 6 atom stereocenters. The van der Waals surface area contributed by atoms with E-state index in [0.717, 1.165) is 37.7 Å². The maximum atomic E-state index is 11.0. The zero-order chi connectivity index (χ0) is 21.6. The number of aliphatic hydroxyl groups is 1. The van der Waals surface area contributed by atoms with E-state index >= 15 is 0 Å². The molecule has 1 heterocycles. The Kier molecular flexibility index (Phi) is 9.36. The Morgan fingerprint density at radius 1 is 1.17 bits per heavy atom. The van der Waals surface area contributed by atoms with Crippen molar-refractivity contribution >= 4 is 0 Å². The lowest BCUT2D eigenvalue weighted by Gasteiger charge is -2.50. The molecule has 1 N–H and O–H groups in total. The second-order valence-corrected chi connectivity index (χ2v) is 8.97. The smallest absolute Gasteiger partial charge is 0.158 e. The van der Waals surface area contributed by atoms with Crippen molar-refractivity contribution in [2.24, 2.45) is 17.8 Å². The first-order chi connectivity index (χ1) is 13.8. The molecule has 2 fully saturated rings. The largest absolute Gasteiger partial charge is 0.389 e. The molecule has 1 aliphatic heterocycles. The van der Waals surface area contributed by atoms with Gasteiger partial charge in [0.2, 0.25) is 0 Å². The van der Waals surface area contributed by atoms with E-state index in [1.165, 1.54) is 0 Å². The molecule has 5 nitrogen and oxygen atoms in total. The minimum Gasteiger partial charge on any atom is -0.389 e. The van der Waals surface area contributed by atoms with Gasteiger partial charge in [0.15, 0.2) is 6.29 Å². The van der Waals surface area contributed by atoms with Crippen LogP contribution in [0, 0.1) is 17.8 Å². The van der Waals surface area contributed by atoms with Crippen molar-refractivity contribution in [3.8, 4) is 0 Å². The summed E-state index contributed by atoms with van der Waals surface area (Å²) in [4.78, 5) is 0. The van der Waals surface area contributed by atoms with Gasteiger partial charge in [-0.1, -0.05) is 39.0 Å². The Morgan fingerprint density at radius 2 is 1.86 bits per heavy atom. The van der Waals surface area contributed by atoms with Crippen LogP contribution in [-0.4, -0.2) is 56.6 Å². The molecule has 0 aromatic rings. The van der Waals surface area contributed by atoms with Crippen LogP contribution < -0.4 is 0 Å². The molecule has 1 aliphatic carbocycles. The van der Waals surface area contributed by atoms with Crippen molar-refractivity contribution in [3.63, 3.8) is 0 Å². The van der Waals surface area contributed by atoms with E-state index in [1.807, 2.05) is 6.08 Å². The molecular formula is C24H42O5. The van der Waals surface area contributed by atoms with Gasteiger partial charge >= 0.3 is 0 Å². The Labute approximate surface area is 177 Å². The van der Waals surface area contributed by atoms with Gasteiger partial charge in [0.05, 0.1) is 17.8 Å². The highest BCUT2D eigenvalue weighted by Crippen LogP contribution is 2.48. The van der Waals surface area contributed by atoms with Crippen LogP contribution in [0.15, 0.2) is 23.8 Å². The van der Waals surface area contributed by atoms with Gasteiger partial charge < -0.3 is 24.1 Å². The first kappa shape index (κ1) is 24.5. The van der Waals surface area contributed by atoms with E-state index in [9.17, 15) is 5.11 Å². The maximum absolute atomic E-state index is 11.0. The van der Waals surface area contributed by atoms with Gasteiger partial charge in [-0.3, -0.25) is 0 Å². The Balaban J connectivity index is 1.92. The summed E-state index contributed by atoms with van der Waals surface area (Å²) in [5.41, 5.74) is 0.501. The van der Waals surface area contributed by atoms with Gasteiger partial charge in [-0.2, -0.15) is 0 Å². The lowest BCUT2D eigenvalue weighted by molar-refractivity contribution is -0.205. The molecule has 0 aromatic heterocycles. The van der Waals surface area contributed by atoms with Crippen LogP contribution in [0.5, 0.6) is 0 Å². The number of allylic oxidation sites excluding steroid dienone is 2. The molecule has 0 aromatic carbocycles. The van der Waals surface area contributed by atoms with Crippen LogP contribution in [0.2, 0.25) is 0 Å². The number of methoxy groups -OCH3 is 3. The summed E-state index contributed by atoms with van der Waals surface area (Å²) in [6.07, 6.45) is 10.8. The van der Waals surface area contributed by atoms with Crippen LogP contribution in [0.4, 0.5) is 0 Å². The van der Waals surface area contributed by atoms with E-state index in [2.05, 4.69) is 39.8 Å². The van der Waals surface area contributed by atoms with E-state index in [4.69, 9.17) is 18.9 Å². The summed E-state index contributed by atoms with van der Waals surface area (Å²) in [6.45, 7) is 8.58. The van der Waals surface area contributed by atoms with Crippen LogP contribution in [0.25, 0.3) is 0 Å². The zero-order valence-electron chi connectivity index (χ0n) is 19.4. The van der Waals surface area contributed by atoms with Crippen molar-refractivity contribution in [1.29, 1.82) is 0 Å². The third kappa shape index (κ3) is 5.92. The first-order valence-electron chi connectivity index (χ1n) is 11.1. The van der Waals surface area contributed by atoms with Crippen molar-refractivity contribution < 1.29 is 24.1 Å². The fourth-order valence-electron chi connectivity index (χ4n) is 4.88. The van der Waals surface area contributed by atoms with Crippen molar-refractivity contribution in [1.82, 2.24) is 0 Å². The molecule has 168 valence electrons. The Hall–Kier alpha value is -0.720. The highest BCUT2D eigenvalue weighted by Gasteiger charge is 2.48. The lowest BCUT2D eigenvalue weighted by Crippen LogP contribution is -2.52. The second-order valence-electron chi connectivity index (χ2n) is 8.97. The minimum absolute atomic E-state index is 0.0498. The monoisotopic (exact) mass is 410 g/mol. The highest BCUT2D eigenvalue weighted by molar-refractivity contribution is 5.18. The predicted octanol–water partition coefficient (Wildman–Crippen LogP) is 4.49. The Morgan fingerprint density at radius 3 is 2.41 bits per heavy atom. The van der Waals surface area contributed by atoms with Gasteiger partial charge in [-0.05, 0) is 50.0 Å². The second kappa shape index (κ2) is 11.1.